The molecule has 0 aromatic carbocycles. The molecule has 2 fully saturated rings. The van der Waals surface area contributed by atoms with Crippen LogP contribution in [-0.2, 0) is 19.2 Å². The first-order chi connectivity index (χ1) is 10.9. The van der Waals surface area contributed by atoms with Crippen LogP contribution < -0.4 is 4.90 Å². The lowest BCUT2D eigenvalue weighted by atomic mass is 9.81. The van der Waals surface area contributed by atoms with Gasteiger partial charge in [-0.05, 0) is 32.4 Å². The van der Waals surface area contributed by atoms with E-state index in [1.165, 1.54) is 11.8 Å². The van der Waals surface area contributed by atoms with Gasteiger partial charge in [0.15, 0.2) is 5.16 Å². The van der Waals surface area contributed by atoms with Gasteiger partial charge in [0.1, 0.15) is 5.82 Å². The topological polar surface area (TPSA) is 79.2 Å². The van der Waals surface area contributed by atoms with Crippen molar-refractivity contribution >= 4 is 27.3 Å². The van der Waals surface area contributed by atoms with E-state index in [0.717, 1.165) is 37.3 Å². The number of thioether (sulfide) groups is 1. The molecule has 3 rings (SSSR count). The van der Waals surface area contributed by atoms with Gasteiger partial charge in [-0.25, -0.2) is 14.2 Å². The number of aromatic nitrogens is 2. The highest BCUT2D eigenvalue weighted by Crippen LogP contribution is 2.48. The molecule has 0 amide bonds. The lowest BCUT2D eigenvalue weighted by Crippen LogP contribution is -2.45. The van der Waals surface area contributed by atoms with Gasteiger partial charge < -0.3 is 9.64 Å². The summed E-state index contributed by atoms with van der Waals surface area (Å²) in [6, 6.07) is 2.21. The van der Waals surface area contributed by atoms with Gasteiger partial charge in [0.2, 0.25) is 0 Å². The predicted octanol–water partition coefficient (Wildman–Crippen LogP) is 2.48. The van der Waals surface area contributed by atoms with Crippen LogP contribution in [0.3, 0.4) is 0 Å². The number of hydrogen-bond acceptors (Lipinski definition) is 7. The third-order valence-electron chi connectivity index (χ3n) is 4.91. The summed E-state index contributed by atoms with van der Waals surface area (Å²) in [4.78, 5) is 11.5. The van der Waals surface area contributed by atoms with E-state index in [0.29, 0.717) is 18.4 Å². The number of ether oxygens (including phenoxy) is 1. The van der Waals surface area contributed by atoms with Gasteiger partial charge >= 0.3 is 0 Å². The Labute approximate surface area is 142 Å². The molecule has 1 unspecified atom stereocenters. The first kappa shape index (κ1) is 17.0. The first-order valence-corrected chi connectivity index (χ1v) is 11.1. The van der Waals surface area contributed by atoms with Gasteiger partial charge in [0.05, 0.1) is 39.4 Å². The highest BCUT2D eigenvalue weighted by Gasteiger charge is 2.47. The van der Waals surface area contributed by atoms with Crippen molar-refractivity contribution in [2.24, 2.45) is 0 Å². The van der Waals surface area contributed by atoms with Crippen molar-refractivity contribution in [3.05, 3.63) is 11.8 Å². The summed E-state index contributed by atoms with van der Waals surface area (Å²) in [6.07, 6.45) is 6.04. The number of nitrogens with zero attached hydrogens (tertiary/aromatic N) is 3. The highest BCUT2D eigenvalue weighted by molar-refractivity contribution is 7.98. The molecule has 1 saturated heterocycles. The molecular formula is C15H24N4O2S2. The molecule has 23 heavy (non-hydrogen) atoms. The van der Waals surface area contributed by atoms with Crippen molar-refractivity contribution in [1.82, 2.24) is 9.97 Å². The van der Waals surface area contributed by atoms with Crippen LogP contribution in [0, 0.1) is 4.78 Å². The molecule has 2 aliphatic rings. The Morgan fingerprint density at radius 1 is 1.48 bits per heavy atom. The SMILES string of the molecule is CSc1nc(N2CCOC[C@H]2C)cc(C2(S(C)(=N)=O)CCC2)n1. The van der Waals surface area contributed by atoms with Crippen LogP contribution in [0.1, 0.15) is 31.9 Å². The number of hydrogen-bond donors (Lipinski definition) is 1. The number of morpholine rings is 1. The van der Waals surface area contributed by atoms with E-state index >= 15 is 0 Å². The summed E-state index contributed by atoms with van der Waals surface area (Å²) >= 11 is 1.49. The van der Waals surface area contributed by atoms with Gasteiger partial charge in [0, 0.05) is 18.9 Å². The Bertz CT molecular complexity index is 689. The van der Waals surface area contributed by atoms with E-state index < -0.39 is 14.5 Å². The zero-order valence-electron chi connectivity index (χ0n) is 13.9. The van der Waals surface area contributed by atoms with E-state index in [4.69, 9.17) is 9.52 Å². The van der Waals surface area contributed by atoms with E-state index in [1.807, 2.05) is 12.3 Å². The molecule has 1 aliphatic heterocycles. The highest BCUT2D eigenvalue weighted by atomic mass is 32.2. The maximum atomic E-state index is 12.6. The van der Waals surface area contributed by atoms with Gasteiger partial charge in [0.25, 0.3) is 0 Å². The van der Waals surface area contributed by atoms with Gasteiger partial charge in [-0.2, -0.15) is 0 Å². The number of anilines is 1. The molecule has 1 aromatic heterocycles. The van der Waals surface area contributed by atoms with Crippen molar-refractivity contribution in [2.45, 2.75) is 42.1 Å². The summed E-state index contributed by atoms with van der Waals surface area (Å²) < 4.78 is 25.7. The Morgan fingerprint density at radius 3 is 2.74 bits per heavy atom. The number of rotatable bonds is 4. The van der Waals surface area contributed by atoms with Crippen LogP contribution in [-0.4, -0.2) is 52.5 Å². The average molecular weight is 357 g/mol. The van der Waals surface area contributed by atoms with Crippen molar-refractivity contribution in [1.29, 1.82) is 4.78 Å². The monoisotopic (exact) mass is 356 g/mol. The molecule has 2 heterocycles. The molecule has 0 radical (unpaired) electrons. The summed E-state index contributed by atoms with van der Waals surface area (Å²) in [7, 11) is -2.71. The molecule has 6 nitrogen and oxygen atoms in total. The van der Waals surface area contributed by atoms with Crippen LogP contribution in [0.25, 0.3) is 0 Å². The molecule has 0 bridgehead atoms. The Kier molecular flexibility index (Phi) is 4.59. The van der Waals surface area contributed by atoms with Crippen LogP contribution >= 0.6 is 11.8 Å². The van der Waals surface area contributed by atoms with Crippen molar-refractivity contribution < 1.29 is 8.95 Å². The lowest BCUT2D eigenvalue weighted by Gasteiger charge is -2.42. The molecule has 8 heteroatoms. The fourth-order valence-corrected chi connectivity index (χ4v) is 5.24. The fourth-order valence-electron chi connectivity index (χ4n) is 3.30. The zero-order valence-corrected chi connectivity index (χ0v) is 15.5. The van der Waals surface area contributed by atoms with E-state index in [9.17, 15) is 4.21 Å². The van der Waals surface area contributed by atoms with E-state index in [2.05, 4.69) is 21.8 Å². The second kappa shape index (κ2) is 6.22. The third-order valence-corrected chi connectivity index (χ3v) is 7.57. The van der Waals surface area contributed by atoms with E-state index in [1.54, 1.807) is 6.26 Å². The molecule has 1 saturated carbocycles. The standard InChI is InChI=1S/C15H24N4O2S2/c1-11-10-21-8-7-19(11)13-9-12(17-14(18-13)22-2)15(5-4-6-15)23(3,16)20/h9,11,16H,4-8,10H2,1-3H3/t11-,23?/m1/s1. The Morgan fingerprint density at radius 2 is 2.22 bits per heavy atom. The van der Waals surface area contributed by atoms with E-state index in [-0.39, 0.29) is 6.04 Å². The molecule has 1 aliphatic carbocycles. The molecule has 2 atom stereocenters. The maximum absolute atomic E-state index is 12.6. The van der Waals surface area contributed by atoms with Crippen LogP contribution in [0.15, 0.2) is 11.2 Å². The van der Waals surface area contributed by atoms with Gasteiger partial charge in [-0.3, -0.25) is 4.78 Å². The average Bonchev–Trinajstić information content (AvgIpc) is 2.44. The van der Waals surface area contributed by atoms with Gasteiger partial charge in [-0.1, -0.05) is 11.8 Å². The lowest BCUT2D eigenvalue weighted by molar-refractivity contribution is 0.0984. The maximum Gasteiger partial charge on any atom is 0.189 e. The molecular weight excluding hydrogens is 332 g/mol. The minimum Gasteiger partial charge on any atom is -0.377 e. The molecule has 128 valence electrons. The van der Waals surface area contributed by atoms with Crippen molar-refractivity contribution in [2.75, 3.05) is 37.2 Å². The second-order valence-corrected chi connectivity index (χ2v) is 9.65. The molecule has 1 aromatic rings. The summed E-state index contributed by atoms with van der Waals surface area (Å²) in [5.74, 6) is 0.866. The zero-order chi connectivity index (χ0) is 16.7. The predicted molar refractivity (Wildman–Crippen MR) is 93.8 cm³/mol. The Hall–Kier alpha value is -0.860. The largest absolute Gasteiger partial charge is 0.377 e. The smallest absolute Gasteiger partial charge is 0.189 e. The number of nitrogens with one attached hydrogen (secondary N) is 1. The quantitative estimate of drug-likeness (QED) is 0.659. The van der Waals surface area contributed by atoms with Crippen molar-refractivity contribution in [3.8, 4) is 0 Å². The fraction of sp³-hybridized carbons (Fsp3) is 0.733. The van der Waals surface area contributed by atoms with Crippen LogP contribution in [0.2, 0.25) is 0 Å². The van der Waals surface area contributed by atoms with Crippen molar-refractivity contribution in [3.63, 3.8) is 0 Å². The first-order valence-electron chi connectivity index (χ1n) is 7.89. The minimum absolute atomic E-state index is 0.250. The Balaban J connectivity index is 2.06. The minimum atomic E-state index is -2.71. The summed E-state index contributed by atoms with van der Waals surface area (Å²) in [6.45, 7) is 4.28. The van der Waals surface area contributed by atoms with Gasteiger partial charge in [-0.15, -0.1) is 0 Å². The normalized spacial score (nSPS) is 26.4. The molecule has 1 N–H and O–H groups in total. The van der Waals surface area contributed by atoms with Crippen LogP contribution in [0.4, 0.5) is 5.82 Å². The molecule has 0 spiro atoms. The summed E-state index contributed by atoms with van der Waals surface area (Å²) in [5.41, 5.74) is 0.777. The second-order valence-electron chi connectivity index (χ2n) is 6.41. The van der Waals surface area contributed by atoms with Crippen LogP contribution in [0.5, 0.6) is 0 Å². The summed E-state index contributed by atoms with van der Waals surface area (Å²) in [5, 5.41) is 0.686. The third kappa shape index (κ3) is 2.96.